The van der Waals surface area contributed by atoms with E-state index >= 15 is 0 Å². The number of hydrogen-bond donors (Lipinski definition) is 1. The summed E-state index contributed by atoms with van der Waals surface area (Å²) in [6, 6.07) is -0.679. The molecule has 1 atom stereocenters. The highest BCUT2D eigenvalue weighted by molar-refractivity contribution is 6.06. The van der Waals surface area contributed by atoms with Crippen molar-refractivity contribution in [2.24, 2.45) is 0 Å². The van der Waals surface area contributed by atoms with Gasteiger partial charge in [-0.15, -0.1) is 0 Å². The molecule has 1 aromatic rings. The number of esters is 1. The van der Waals surface area contributed by atoms with Gasteiger partial charge in [-0.05, 0) is 40.2 Å². The molecule has 1 N–H and O–H groups in total. The molecule has 0 saturated carbocycles. The lowest BCUT2D eigenvalue weighted by Gasteiger charge is -2.32. The van der Waals surface area contributed by atoms with Gasteiger partial charge in [0.2, 0.25) is 5.91 Å². The minimum atomic E-state index is -0.596. The van der Waals surface area contributed by atoms with Gasteiger partial charge in [-0.3, -0.25) is 9.59 Å². The summed E-state index contributed by atoms with van der Waals surface area (Å²) in [5.41, 5.74) is 1.89. The highest BCUT2D eigenvalue weighted by atomic mass is 16.5. The number of hydrogen-bond acceptors (Lipinski definition) is 4. The van der Waals surface area contributed by atoms with E-state index in [1.807, 2.05) is 13.8 Å². The average Bonchev–Trinajstić information content (AvgIpc) is 2.80. The number of aryl methyl sites for hydroxylation is 1. The zero-order valence-electron chi connectivity index (χ0n) is 14.9. The molecule has 0 spiro atoms. The van der Waals surface area contributed by atoms with Crippen molar-refractivity contribution in [3.05, 3.63) is 22.5 Å². The SMILES string of the molecule is CCC(=O)N(C(C)C)[C@@H](C)C(=O)c1c(C)[nH]c(C(=O)OC)c1C. The average molecular weight is 322 g/mol. The number of ether oxygens (including phenoxy) is 1. The first-order valence-corrected chi connectivity index (χ1v) is 7.80. The molecule has 0 aliphatic carbocycles. The molecule has 23 heavy (non-hydrogen) atoms. The molecule has 1 rings (SSSR count). The monoisotopic (exact) mass is 322 g/mol. The first-order valence-electron chi connectivity index (χ1n) is 7.80. The topological polar surface area (TPSA) is 79.5 Å². The number of nitrogens with zero attached hydrogens (tertiary/aromatic N) is 1. The van der Waals surface area contributed by atoms with Crippen LogP contribution in [0.3, 0.4) is 0 Å². The molecule has 0 unspecified atom stereocenters. The summed E-state index contributed by atoms with van der Waals surface area (Å²) in [5.74, 6) is -0.760. The van der Waals surface area contributed by atoms with Crippen molar-refractivity contribution < 1.29 is 19.1 Å². The minimum absolute atomic E-state index is 0.0696. The maximum atomic E-state index is 12.9. The number of aromatic amines is 1. The molecule has 0 aliphatic rings. The fraction of sp³-hybridized carbons (Fsp3) is 0.588. The number of aromatic nitrogens is 1. The van der Waals surface area contributed by atoms with Crippen molar-refractivity contribution >= 4 is 17.7 Å². The standard InChI is InChI=1S/C17H26N2O4/c1-8-13(20)19(9(2)3)12(6)16(21)14-10(4)15(17(22)23-7)18-11(14)5/h9,12,18H,8H2,1-7H3/t12-/m0/s1. The van der Waals surface area contributed by atoms with E-state index in [9.17, 15) is 14.4 Å². The Morgan fingerprint density at radius 2 is 1.74 bits per heavy atom. The van der Waals surface area contributed by atoms with Gasteiger partial charge >= 0.3 is 5.97 Å². The molecule has 0 saturated heterocycles. The molecule has 0 bridgehead atoms. The smallest absolute Gasteiger partial charge is 0.354 e. The maximum Gasteiger partial charge on any atom is 0.354 e. The number of carbonyl (C=O) groups is 3. The van der Waals surface area contributed by atoms with E-state index in [-0.39, 0.29) is 23.4 Å². The van der Waals surface area contributed by atoms with Crippen LogP contribution in [-0.4, -0.2) is 46.7 Å². The Morgan fingerprint density at radius 1 is 1.17 bits per heavy atom. The van der Waals surface area contributed by atoms with Crippen LogP contribution in [0.25, 0.3) is 0 Å². The van der Waals surface area contributed by atoms with Crippen molar-refractivity contribution in [1.29, 1.82) is 0 Å². The molecule has 6 nitrogen and oxygen atoms in total. The molecule has 0 aliphatic heterocycles. The first-order chi connectivity index (χ1) is 10.7. The van der Waals surface area contributed by atoms with E-state index in [1.54, 1.807) is 32.6 Å². The third-order valence-electron chi connectivity index (χ3n) is 4.02. The lowest BCUT2D eigenvalue weighted by Crippen LogP contribution is -2.47. The van der Waals surface area contributed by atoms with Crippen LogP contribution in [0.15, 0.2) is 0 Å². The largest absolute Gasteiger partial charge is 0.464 e. The van der Waals surface area contributed by atoms with Crippen LogP contribution < -0.4 is 0 Å². The number of ketones is 1. The Bertz CT molecular complexity index is 616. The summed E-state index contributed by atoms with van der Waals surface area (Å²) >= 11 is 0. The van der Waals surface area contributed by atoms with Crippen LogP contribution in [0.2, 0.25) is 0 Å². The van der Waals surface area contributed by atoms with E-state index < -0.39 is 12.0 Å². The zero-order chi connectivity index (χ0) is 17.9. The van der Waals surface area contributed by atoms with Gasteiger partial charge in [-0.2, -0.15) is 0 Å². The number of rotatable bonds is 6. The summed E-state index contributed by atoms with van der Waals surface area (Å²) in [6.07, 6.45) is 0.342. The van der Waals surface area contributed by atoms with Gasteiger partial charge in [-0.25, -0.2) is 4.79 Å². The second-order valence-corrected chi connectivity index (χ2v) is 5.91. The summed E-state index contributed by atoms with van der Waals surface area (Å²) in [5, 5.41) is 0. The second-order valence-electron chi connectivity index (χ2n) is 5.91. The number of nitrogens with one attached hydrogen (secondary N) is 1. The molecule has 6 heteroatoms. The zero-order valence-corrected chi connectivity index (χ0v) is 14.9. The number of carbonyl (C=O) groups excluding carboxylic acids is 3. The van der Waals surface area contributed by atoms with Gasteiger partial charge in [-0.1, -0.05) is 6.92 Å². The van der Waals surface area contributed by atoms with Gasteiger partial charge in [0, 0.05) is 23.7 Å². The van der Waals surface area contributed by atoms with E-state index in [2.05, 4.69) is 4.98 Å². The quantitative estimate of drug-likeness (QED) is 0.645. The van der Waals surface area contributed by atoms with E-state index in [0.717, 1.165) is 0 Å². The van der Waals surface area contributed by atoms with Gasteiger partial charge in [0.15, 0.2) is 5.78 Å². The molecule has 0 fully saturated rings. The van der Waals surface area contributed by atoms with Crippen LogP contribution >= 0.6 is 0 Å². The fourth-order valence-corrected chi connectivity index (χ4v) is 2.89. The van der Waals surface area contributed by atoms with E-state index in [1.165, 1.54) is 7.11 Å². The van der Waals surface area contributed by atoms with Crippen molar-refractivity contribution in [2.45, 2.75) is 60.0 Å². The van der Waals surface area contributed by atoms with Crippen LogP contribution in [0.4, 0.5) is 0 Å². The van der Waals surface area contributed by atoms with Crippen LogP contribution in [0, 0.1) is 13.8 Å². The predicted octanol–water partition coefficient (Wildman–Crippen LogP) is 2.64. The third kappa shape index (κ3) is 3.63. The predicted molar refractivity (Wildman–Crippen MR) is 87.7 cm³/mol. The second kappa shape index (κ2) is 7.44. The number of H-pyrrole nitrogens is 1. The Kier molecular flexibility index (Phi) is 6.12. The minimum Gasteiger partial charge on any atom is -0.464 e. The highest BCUT2D eigenvalue weighted by Gasteiger charge is 2.31. The van der Waals surface area contributed by atoms with Crippen molar-refractivity contribution in [3.63, 3.8) is 0 Å². The van der Waals surface area contributed by atoms with Gasteiger partial charge in [0.1, 0.15) is 5.69 Å². The highest BCUT2D eigenvalue weighted by Crippen LogP contribution is 2.23. The Balaban J connectivity index is 3.26. The molecule has 0 aromatic carbocycles. The third-order valence-corrected chi connectivity index (χ3v) is 4.02. The lowest BCUT2D eigenvalue weighted by molar-refractivity contribution is -0.133. The van der Waals surface area contributed by atoms with Crippen molar-refractivity contribution in [2.75, 3.05) is 7.11 Å². The van der Waals surface area contributed by atoms with Gasteiger partial charge in [0.25, 0.3) is 0 Å². The Morgan fingerprint density at radius 3 is 2.17 bits per heavy atom. The van der Waals surface area contributed by atoms with Gasteiger partial charge < -0.3 is 14.6 Å². The molecule has 1 heterocycles. The molecule has 1 aromatic heterocycles. The molecule has 0 radical (unpaired) electrons. The lowest BCUT2D eigenvalue weighted by atomic mass is 9.99. The normalized spacial score (nSPS) is 12.2. The summed E-state index contributed by atoms with van der Waals surface area (Å²) < 4.78 is 4.72. The molecule has 128 valence electrons. The first kappa shape index (κ1) is 18.9. The number of methoxy groups -OCH3 is 1. The Labute approximate surface area is 137 Å². The Hall–Kier alpha value is -2.11. The van der Waals surface area contributed by atoms with Crippen LogP contribution in [0.1, 0.15) is 66.2 Å². The van der Waals surface area contributed by atoms with Crippen molar-refractivity contribution in [3.8, 4) is 0 Å². The number of amides is 1. The van der Waals surface area contributed by atoms with Gasteiger partial charge in [0.05, 0.1) is 13.2 Å². The van der Waals surface area contributed by atoms with E-state index in [0.29, 0.717) is 23.2 Å². The fourth-order valence-electron chi connectivity index (χ4n) is 2.89. The van der Waals surface area contributed by atoms with Crippen LogP contribution in [0.5, 0.6) is 0 Å². The summed E-state index contributed by atoms with van der Waals surface area (Å²) in [6.45, 7) is 10.7. The summed E-state index contributed by atoms with van der Waals surface area (Å²) in [4.78, 5) is 41.3. The summed E-state index contributed by atoms with van der Waals surface area (Å²) in [7, 11) is 1.29. The number of Topliss-reactive ketones (excluding diaryl/α,β-unsaturated/α-hetero) is 1. The van der Waals surface area contributed by atoms with E-state index in [4.69, 9.17) is 4.74 Å². The molecular weight excluding hydrogens is 296 g/mol. The van der Waals surface area contributed by atoms with Crippen molar-refractivity contribution in [1.82, 2.24) is 9.88 Å². The maximum absolute atomic E-state index is 12.9. The molecular formula is C17H26N2O4. The molecule has 1 amide bonds. The van der Waals surface area contributed by atoms with Crippen LogP contribution in [-0.2, 0) is 9.53 Å².